The van der Waals surface area contributed by atoms with E-state index in [1.807, 2.05) is 0 Å². The van der Waals surface area contributed by atoms with Crippen LogP contribution in [0.5, 0.6) is 0 Å². The van der Waals surface area contributed by atoms with Crippen LogP contribution in [0.4, 0.5) is 0 Å². The van der Waals surface area contributed by atoms with Gasteiger partial charge in [0.05, 0.1) is 41.3 Å². The standard InChI is InChI=1S/C40H86N2O/c1-7-9-11-13-15-17-19-21-23-25-27-29-31-33-37-41(3,4)38-35-36-40-43-42(5,6)39-34-32-30-28-26-24-22-20-18-16-14-12-10-8-2/h7-40H2,1-6H3/q+2. The van der Waals surface area contributed by atoms with Crippen molar-refractivity contribution in [2.45, 2.75) is 206 Å². The molecule has 0 aromatic heterocycles. The maximum absolute atomic E-state index is 6.27. The molecule has 0 spiro atoms. The van der Waals surface area contributed by atoms with Crippen LogP contribution in [0.3, 0.4) is 0 Å². The molecule has 260 valence electrons. The summed E-state index contributed by atoms with van der Waals surface area (Å²) in [6.45, 7) is 9.29. The van der Waals surface area contributed by atoms with Crippen molar-refractivity contribution in [2.75, 3.05) is 54.4 Å². The Labute approximate surface area is 274 Å². The molecular weight excluding hydrogens is 524 g/mol. The molecule has 0 saturated heterocycles. The van der Waals surface area contributed by atoms with Gasteiger partial charge in [0.15, 0.2) is 0 Å². The van der Waals surface area contributed by atoms with Gasteiger partial charge in [0.25, 0.3) is 0 Å². The van der Waals surface area contributed by atoms with Crippen molar-refractivity contribution in [3.63, 3.8) is 0 Å². The van der Waals surface area contributed by atoms with E-state index in [0.29, 0.717) is 0 Å². The molecule has 0 aliphatic heterocycles. The number of quaternary nitrogens is 2. The zero-order valence-electron chi connectivity index (χ0n) is 31.3. The van der Waals surface area contributed by atoms with Gasteiger partial charge in [-0.3, -0.25) is 0 Å². The summed E-state index contributed by atoms with van der Waals surface area (Å²) in [4.78, 5) is 6.27. The second-order valence-corrected chi connectivity index (χ2v) is 15.4. The van der Waals surface area contributed by atoms with E-state index in [0.717, 1.165) is 17.8 Å². The SMILES string of the molecule is CCCCCCCCCCCCCCCC[N+](C)(C)CCCCO[N+](C)(C)CCCCCCCCCCCCCCCC. The molecule has 0 fully saturated rings. The van der Waals surface area contributed by atoms with Gasteiger partial charge in [-0.2, -0.15) is 4.65 Å². The Morgan fingerprint density at radius 1 is 0.302 bits per heavy atom. The molecule has 0 aliphatic rings. The molecule has 0 heterocycles. The Morgan fingerprint density at radius 3 is 0.884 bits per heavy atom. The highest BCUT2D eigenvalue weighted by Crippen LogP contribution is 2.16. The average Bonchev–Trinajstić information content (AvgIpc) is 2.97. The van der Waals surface area contributed by atoms with Crippen molar-refractivity contribution in [3.05, 3.63) is 0 Å². The molecule has 43 heavy (non-hydrogen) atoms. The van der Waals surface area contributed by atoms with E-state index in [9.17, 15) is 0 Å². The summed E-state index contributed by atoms with van der Waals surface area (Å²) in [5.41, 5.74) is 0. The first-order valence-electron chi connectivity index (χ1n) is 20.1. The highest BCUT2D eigenvalue weighted by atomic mass is 16.7. The third kappa shape index (κ3) is 34.6. The van der Waals surface area contributed by atoms with Crippen molar-refractivity contribution in [2.24, 2.45) is 0 Å². The normalized spacial score (nSPS) is 12.4. The molecule has 0 bridgehead atoms. The first-order chi connectivity index (χ1) is 20.8. The largest absolute Gasteiger partial charge is 0.328 e. The first kappa shape index (κ1) is 42.9. The average molecular weight is 611 g/mol. The summed E-state index contributed by atoms with van der Waals surface area (Å²) >= 11 is 0. The lowest BCUT2D eigenvalue weighted by Crippen LogP contribution is -2.42. The highest BCUT2D eigenvalue weighted by Gasteiger charge is 2.17. The number of rotatable bonds is 36. The van der Waals surface area contributed by atoms with Crippen molar-refractivity contribution in [1.82, 2.24) is 0 Å². The van der Waals surface area contributed by atoms with E-state index in [2.05, 4.69) is 42.0 Å². The quantitative estimate of drug-likeness (QED) is 0.0389. The summed E-state index contributed by atoms with van der Waals surface area (Å²) in [6, 6.07) is 0. The van der Waals surface area contributed by atoms with Crippen molar-refractivity contribution in [3.8, 4) is 0 Å². The lowest BCUT2D eigenvalue weighted by atomic mass is 10.0. The Kier molecular flexibility index (Phi) is 31.8. The Hall–Kier alpha value is -0.120. The molecule has 0 rings (SSSR count). The molecule has 0 aliphatic carbocycles. The highest BCUT2D eigenvalue weighted by molar-refractivity contribution is 4.51. The summed E-state index contributed by atoms with van der Waals surface area (Å²) in [6.07, 6.45) is 42.7. The molecule has 0 atom stereocenters. The fourth-order valence-corrected chi connectivity index (χ4v) is 6.55. The minimum atomic E-state index is 0.732. The first-order valence-corrected chi connectivity index (χ1v) is 20.1. The molecule has 0 radical (unpaired) electrons. The molecule has 0 unspecified atom stereocenters. The summed E-state index contributed by atoms with van der Waals surface area (Å²) in [5, 5.41) is 0. The molecule has 0 aromatic rings. The molecule has 3 heteroatoms. The van der Waals surface area contributed by atoms with Crippen LogP contribution in [-0.2, 0) is 4.84 Å². The zero-order chi connectivity index (χ0) is 31.7. The Morgan fingerprint density at radius 2 is 0.558 bits per heavy atom. The molecule has 0 N–H and O–H groups in total. The number of nitrogens with zero attached hydrogens (tertiary/aromatic N) is 2. The Bertz CT molecular complexity index is 487. The predicted molar refractivity (Wildman–Crippen MR) is 195 cm³/mol. The summed E-state index contributed by atoms with van der Waals surface area (Å²) in [7, 11) is 9.35. The van der Waals surface area contributed by atoms with Crippen LogP contribution in [0.15, 0.2) is 0 Å². The molecular formula is C40H86N2O+2. The van der Waals surface area contributed by atoms with Gasteiger partial charge < -0.3 is 4.48 Å². The minimum absolute atomic E-state index is 0.732. The lowest BCUT2D eigenvalue weighted by Gasteiger charge is -2.30. The summed E-state index contributed by atoms with van der Waals surface area (Å²) in [5.74, 6) is 0. The van der Waals surface area contributed by atoms with E-state index in [-0.39, 0.29) is 0 Å². The van der Waals surface area contributed by atoms with Gasteiger partial charge in [0.1, 0.15) is 13.2 Å². The molecule has 0 saturated carbocycles. The second kappa shape index (κ2) is 31.8. The van der Waals surface area contributed by atoms with Gasteiger partial charge >= 0.3 is 0 Å². The van der Waals surface area contributed by atoms with Crippen LogP contribution < -0.4 is 0 Å². The zero-order valence-corrected chi connectivity index (χ0v) is 31.3. The van der Waals surface area contributed by atoms with Crippen LogP contribution in [0.2, 0.25) is 0 Å². The smallest absolute Gasteiger partial charge is 0.108 e. The maximum atomic E-state index is 6.27. The van der Waals surface area contributed by atoms with Gasteiger partial charge in [-0.05, 0) is 38.5 Å². The van der Waals surface area contributed by atoms with Crippen LogP contribution >= 0.6 is 0 Å². The topological polar surface area (TPSA) is 9.23 Å². The number of hydroxylamine groups is 3. The van der Waals surface area contributed by atoms with Gasteiger partial charge in [-0.1, -0.05) is 168 Å². The van der Waals surface area contributed by atoms with Crippen LogP contribution in [0.1, 0.15) is 206 Å². The second-order valence-electron chi connectivity index (χ2n) is 15.4. The molecule has 0 amide bonds. The van der Waals surface area contributed by atoms with E-state index in [1.54, 1.807) is 0 Å². The van der Waals surface area contributed by atoms with Gasteiger partial charge in [-0.25, -0.2) is 4.84 Å². The Balaban J connectivity index is 3.49. The third-order valence-electron chi connectivity index (χ3n) is 9.77. The van der Waals surface area contributed by atoms with E-state index < -0.39 is 0 Å². The van der Waals surface area contributed by atoms with Crippen LogP contribution in [-0.4, -0.2) is 63.6 Å². The van der Waals surface area contributed by atoms with Crippen molar-refractivity contribution < 1.29 is 14.0 Å². The van der Waals surface area contributed by atoms with Gasteiger partial charge in [0.2, 0.25) is 0 Å². The van der Waals surface area contributed by atoms with Crippen molar-refractivity contribution in [1.29, 1.82) is 0 Å². The van der Waals surface area contributed by atoms with Gasteiger partial charge in [0, 0.05) is 0 Å². The number of hydrogen-bond acceptors (Lipinski definition) is 1. The maximum Gasteiger partial charge on any atom is 0.108 e. The molecule has 0 aromatic carbocycles. The monoisotopic (exact) mass is 611 g/mol. The van der Waals surface area contributed by atoms with Crippen LogP contribution in [0.25, 0.3) is 0 Å². The number of hydrogen-bond donors (Lipinski definition) is 0. The minimum Gasteiger partial charge on any atom is -0.328 e. The molecule has 3 nitrogen and oxygen atoms in total. The third-order valence-corrected chi connectivity index (χ3v) is 9.77. The predicted octanol–water partition coefficient (Wildman–Crippen LogP) is 12.8. The van der Waals surface area contributed by atoms with Crippen molar-refractivity contribution >= 4 is 0 Å². The summed E-state index contributed by atoms with van der Waals surface area (Å²) < 4.78 is 1.91. The van der Waals surface area contributed by atoms with E-state index in [4.69, 9.17) is 4.84 Å². The van der Waals surface area contributed by atoms with E-state index in [1.165, 1.54) is 210 Å². The van der Waals surface area contributed by atoms with Crippen LogP contribution in [0, 0.1) is 0 Å². The van der Waals surface area contributed by atoms with E-state index >= 15 is 0 Å². The fourth-order valence-electron chi connectivity index (χ4n) is 6.55. The van der Waals surface area contributed by atoms with Gasteiger partial charge in [-0.15, -0.1) is 0 Å². The fraction of sp³-hybridized carbons (Fsp3) is 1.00. The number of unbranched alkanes of at least 4 members (excludes halogenated alkanes) is 27. The lowest BCUT2D eigenvalue weighted by molar-refractivity contribution is -1.08.